The molecule has 214 valence electrons. The van der Waals surface area contributed by atoms with Crippen molar-refractivity contribution >= 4 is 33.2 Å². The zero-order valence-electron chi connectivity index (χ0n) is 22.3. The number of halogens is 1. The molecule has 4 heterocycles. The molecule has 1 amide bonds. The molecule has 13 heteroatoms. The molecule has 0 radical (unpaired) electrons. The van der Waals surface area contributed by atoms with Gasteiger partial charge in [0.15, 0.2) is 0 Å². The number of aromatic nitrogens is 3. The zero-order valence-corrected chi connectivity index (χ0v) is 24.0. The van der Waals surface area contributed by atoms with Gasteiger partial charge in [-0.2, -0.15) is 0 Å². The molecule has 5 N–H and O–H groups in total. The first kappa shape index (κ1) is 28.5. The van der Waals surface area contributed by atoms with E-state index >= 15 is 4.39 Å². The van der Waals surface area contributed by atoms with Crippen molar-refractivity contribution in [3.05, 3.63) is 46.9 Å². The normalized spacial score (nSPS) is 18.1. The molecule has 5 rings (SSSR count). The highest BCUT2D eigenvalue weighted by atomic mass is 32.2. The largest absolute Gasteiger partial charge is 0.368 e. The average Bonchev–Trinajstić information content (AvgIpc) is 3.39. The first-order valence-corrected chi connectivity index (χ1v) is 16.0. The third-order valence-corrected chi connectivity index (χ3v) is 10.4. The predicted molar refractivity (Wildman–Crippen MR) is 153 cm³/mol. The summed E-state index contributed by atoms with van der Waals surface area (Å²) in [7, 11) is -4.02. The van der Waals surface area contributed by atoms with Crippen LogP contribution >= 0.6 is 11.3 Å². The van der Waals surface area contributed by atoms with Gasteiger partial charge in [0, 0.05) is 42.2 Å². The molecule has 0 saturated carbocycles. The number of nitrogens with two attached hydrogens (primary N) is 2. The Balaban J connectivity index is 1.48. The summed E-state index contributed by atoms with van der Waals surface area (Å²) in [4.78, 5) is 28.9. The lowest BCUT2D eigenvalue weighted by Gasteiger charge is -2.34. The van der Waals surface area contributed by atoms with Gasteiger partial charge in [-0.15, -0.1) is 11.3 Å². The van der Waals surface area contributed by atoms with E-state index in [9.17, 15) is 13.2 Å². The summed E-state index contributed by atoms with van der Waals surface area (Å²) in [5.41, 5.74) is 6.93. The van der Waals surface area contributed by atoms with E-state index in [1.165, 1.54) is 23.6 Å². The van der Waals surface area contributed by atoms with Gasteiger partial charge in [-0.1, -0.05) is 19.1 Å². The highest BCUT2D eigenvalue weighted by Gasteiger charge is 2.32. The second-order valence-electron chi connectivity index (χ2n) is 10.3. The maximum atomic E-state index is 16.0. The highest BCUT2D eigenvalue weighted by molar-refractivity contribution is 7.89. The fourth-order valence-corrected chi connectivity index (χ4v) is 7.87. The van der Waals surface area contributed by atoms with Crippen LogP contribution in [0.1, 0.15) is 60.8 Å². The van der Waals surface area contributed by atoms with Crippen LogP contribution in [0.5, 0.6) is 0 Å². The van der Waals surface area contributed by atoms with Crippen LogP contribution in [0.15, 0.2) is 30.5 Å². The fraction of sp³-hybridized carbons (Fsp3) is 0.481. The number of amides is 1. The quantitative estimate of drug-likeness (QED) is 0.379. The highest BCUT2D eigenvalue weighted by Crippen LogP contribution is 2.43. The molecule has 40 heavy (non-hydrogen) atoms. The minimum atomic E-state index is -4.02. The number of likely N-dealkylation sites (tertiary alicyclic amines) is 1. The van der Waals surface area contributed by atoms with E-state index in [2.05, 4.69) is 15.3 Å². The Labute approximate surface area is 237 Å². The summed E-state index contributed by atoms with van der Waals surface area (Å²) >= 11 is 1.42. The molecule has 2 aromatic heterocycles. The van der Waals surface area contributed by atoms with Gasteiger partial charge in [-0.3, -0.25) is 4.79 Å². The molecule has 3 aromatic rings. The van der Waals surface area contributed by atoms with Crippen LogP contribution in [0.4, 0.5) is 10.3 Å². The second kappa shape index (κ2) is 11.9. The lowest BCUT2D eigenvalue weighted by atomic mass is 9.93. The van der Waals surface area contributed by atoms with Gasteiger partial charge in [-0.05, 0) is 57.3 Å². The number of nitrogen functional groups attached to an aromatic ring is 1. The third-order valence-electron chi connectivity index (χ3n) is 7.79. The lowest BCUT2D eigenvalue weighted by molar-refractivity contribution is -0.137. The van der Waals surface area contributed by atoms with Crippen molar-refractivity contribution in [3.63, 3.8) is 0 Å². The van der Waals surface area contributed by atoms with Crippen molar-refractivity contribution in [2.45, 2.75) is 50.2 Å². The van der Waals surface area contributed by atoms with Gasteiger partial charge in [0.25, 0.3) is 0 Å². The maximum absolute atomic E-state index is 16.0. The molecule has 0 bridgehead atoms. The Morgan fingerprint density at radius 2 is 1.90 bits per heavy atom. The predicted octanol–water partition coefficient (Wildman–Crippen LogP) is 3.43. The number of carbonyl (C=O) groups is 1. The number of nitrogens with zero attached hydrogens (tertiary/aromatic N) is 4. The smallest absolute Gasteiger partial charge is 0.225 e. The van der Waals surface area contributed by atoms with E-state index < -0.39 is 21.1 Å². The number of sulfonamides is 1. The molecule has 2 fully saturated rings. The van der Waals surface area contributed by atoms with Crippen LogP contribution in [-0.4, -0.2) is 60.4 Å². The van der Waals surface area contributed by atoms with E-state index in [4.69, 9.17) is 15.9 Å². The SMILES string of the molecule is CCC(c1cccc(-c2nc(C3CCN(C(=O)C4CCNCC4)CC3)sc2-c2ccnc(N)n2)c1F)S(N)(=O)=O. The summed E-state index contributed by atoms with van der Waals surface area (Å²) < 4.78 is 40.4. The Hall–Kier alpha value is -3.00. The maximum Gasteiger partial charge on any atom is 0.225 e. The molecule has 2 saturated heterocycles. The van der Waals surface area contributed by atoms with Crippen molar-refractivity contribution in [1.29, 1.82) is 0 Å². The molecule has 0 spiro atoms. The summed E-state index contributed by atoms with van der Waals surface area (Å²) in [6, 6.07) is 6.34. The van der Waals surface area contributed by atoms with Gasteiger partial charge in [0.05, 0.1) is 21.3 Å². The molecule has 2 aliphatic heterocycles. The number of hydrogen-bond donors (Lipinski definition) is 3. The van der Waals surface area contributed by atoms with Crippen molar-refractivity contribution in [1.82, 2.24) is 25.2 Å². The van der Waals surface area contributed by atoms with Crippen LogP contribution < -0.4 is 16.2 Å². The number of nitrogens with one attached hydrogen (secondary N) is 1. The molecule has 1 unspecified atom stereocenters. The number of rotatable bonds is 7. The van der Waals surface area contributed by atoms with E-state index in [-0.39, 0.29) is 41.2 Å². The number of benzene rings is 1. The summed E-state index contributed by atoms with van der Waals surface area (Å²) in [5.74, 6) is -0.189. The minimum absolute atomic E-state index is 0.00920. The standard InChI is InChI=1S/C27H34FN7O3S2/c1-2-21(40(30,37)38)18-4-3-5-19(22(18)28)23-24(20-8-13-32-27(29)33-20)39-25(34-23)16-9-14-35(15-10-16)26(36)17-6-11-31-12-7-17/h3-5,8,13,16-17,21,31H,2,6-7,9-12,14-15H2,1H3,(H2,29,32,33)(H2,30,37,38). The number of primary sulfonamides is 1. The fourth-order valence-electron chi connectivity index (χ4n) is 5.65. The number of hydrogen-bond acceptors (Lipinski definition) is 9. The number of piperidine rings is 2. The summed E-state index contributed by atoms with van der Waals surface area (Å²) in [6.07, 6.45) is 4.91. The molecule has 10 nitrogen and oxygen atoms in total. The molecule has 1 atom stereocenters. The average molecular weight is 588 g/mol. The summed E-state index contributed by atoms with van der Waals surface area (Å²) in [5, 5.41) is 8.38. The Kier molecular flexibility index (Phi) is 8.45. The Bertz CT molecular complexity index is 1480. The van der Waals surface area contributed by atoms with Crippen molar-refractivity contribution in [3.8, 4) is 21.8 Å². The first-order chi connectivity index (χ1) is 19.2. The topological polar surface area (TPSA) is 157 Å². The van der Waals surface area contributed by atoms with Gasteiger partial charge in [0.2, 0.25) is 21.9 Å². The Morgan fingerprint density at radius 3 is 2.55 bits per heavy atom. The minimum Gasteiger partial charge on any atom is -0.368 e. The van der Waals surface area contributed by atoms with Crippen LogP contribution in [0.2, 0.25) is 0 Å². The van der Waals surface area contributed by atoms with Crippen LogP contribution in [-0.2, 0) is 14.8 Å². The van der Waals surface area contributed by atoms with Crippen molar-refractivity contribution in [2.75, 3.05) is 31.9 Å². The molecular formula is C27H34FN7O3S2. The Morgan fingerprint density at radius 1 is 1.18 bits per heavy atom. The number of carbonyl (C=O) groups excluding carboxylic acids is 1. The molecular weight excluding hydrogens is 553 g/mol. The van der Waals surface area contributed by atoms with E-state index in [0.29, 0.717) is 29.4 Å². The third kappa shape index (κ3) is 5.87. The van der Waals surface area contributed by atoms with Crippen LogP contribution in [0.25, 0.3) is 21.8 Å². The number of anilines is 1. The van der Waals surface area contributed by atoms with Gasteiger partial charge in [0.1, 0.15) is 11.1 Å². The van der Waals surface area contributed by atoms with E-state index in [0.717, 1.165) is 43.8 Å². The van der Waals surface area contributed by atoms with Gasteiger partial charge < -0.3 is 16.0 Å². The van der Waals surface area contributed by atoms with E-state index in [1.54, 1.807) is 25.1 Å². The molecule has 1 aromatic carbocycles. The lowest BCUT2D eigenvalue weighted by Crippen LogP contribution is -2.44. The molecule has 2 aliphatic rings. The van der Waals surface area contributed by atoms with Crippen LogP contribution in [0, 0.1) is 11.7 Å². The zero-order chi connectivity index (χ0) is 28.4. The van der Waals surface area contributed by atoms with Crippen LogP contribution in [0.3, 0.4) is 0 Å². The first-order valence-electron chi connectivity index (χ1n) is 13.6. The number of thiazole rings is 1. The molecule has 0 aliphatic carbocycles. The summed E-state index contributed by atoms with van der Waals surface area (Å²) in [6.45, 7) is 4.70. The van der Waals surface area contributed by atoms with Crippen molar-refractivity contribution in [2.24, 2.45) is 11.1 Å². The van der Waals surface area contributed by atoms with Gasteiger partial charge in [-0.25, -0.2) is 32.9 Å². The van der Waals surface area contributed by atoms with Crippen molar-refractivity contribution < 1.29 is 17.6 Å². The second-order valence-corrected chi connectivity index (χ2v) is 13.1. The van der Waals surface area contributed by atoms with E-state index in [1.807, 2.05) is 4.90 Å². The van der Waals surface area contributed by atoms with Gasteiger partial charge >= 0.3 is 0 Å². The monoisotopic (exact) mass is 587 g/mol.